The number of carbonyl (C=O) groups is 1. The van der Waals surface area contributed by atoms with E-state index in [0.717, 1.165) is 12.1 Å². The number of sulfonamides is 1. The number of anilines is 1. The molecule has 6 nitrogen and oxygen atoms in total. The topological polar surface area (TPSA) is 69.7 Å². The fourth-order valence-electron chi connectivity index (χ4n) is 2.66. The predicted octanol–water partition coefficient (Wildman–Crippen LogP) is 2.50. The molecule has 0 aliphatic carbocycles. The number of amides is 2. The smallest absolute Gasteiger partial charge is 0.322 e. The zero-order chi connectivity index (χ0) is 18.7. The normalized spacial score (nSPS) is 15.7. The minimum Gasteiger partial charge on any atom is -0.322 e. The van der Waals surface area contributed by atoms with Crippen LogP contribution in [0.4, 0.5) is 19.3 Å². The molecule has 0 aromatic heterocycles. The van der Waals surface area contributed by atoms with Crippen molar-refractivity contribution in [3.63, 3.8) is 0 Å². The Labute approximate surface area is 150 Å². The van der Waals surface area contributed by atoms with E-state index in [1.165, 1.54) is 21.3 Å². The number of urea groups is 1. The highest BCUT2D eigenvalue weighted by Gasteiger charge is 2.30. The van der Waals surface area contributed by atoms with Gasteiger partial charge in [0.2, 0.25) is 10.0 Å². The number of rotatable bonds is 3. The predicted molar refractivity (Wildman–Crippen MR) is 92.2 cm³/mol. The number of carbonyl (C=O) groups excluding carboxylic acids is 1. The maximum Gasteiger partial charge on any atom is 0.322 e. The minimum absolute atomic E-state index is 0.129. The first-order chi connectivity index (χ1) is 12.4. The molecule has 2 amide bonds. The Morgan fingerprint density at radius 1 is 0.962 bits per heavy atom. The monoisotopic (exact) mass is 381 g/mol. The van der Waals surface area contributed by atoms with Gasteiger partial charge in [0.15, 0.2) is 0 Å². The van der Waals surface area contributed by atoms with Crippen LogP contribution in [0.5, 0.6) is 0 Å². The van der Waals surface area contributed by atoms with Crippen molar-refractivity contribution in [2.45, 2.75) is 4.90 Å². The minimum atomic E-state index is -3.61. The van der Waals surface area contributed by atoms with Gasteiger partial charge in [-0.1, -0.05) is 18.2 Å². The van der Waals surface area contributed by atoms with E-state index in [-0.39, 0.29) is 36.8 Å². The highest BCUT2D eigenvalue weighted by Crippen LogP contribution is 2.19. The molecule has 0 saturated carbocycles. The molecule has 0 radical (unpaired) electrons. The number of benzene rings is 2. The van der Waals surface area contributed by atoms with Crippen molar-refractivity contribution < 1.29 is 22.0 Å². The van der Waals surface area contributed by atoms with E-state index in [1.54, 1.807) is 18.2 Å². The lowest BCUT2D eigenvalue weighted by Gasteiger charge is -2.34. The van der Waals surface area contributed by atoms with Crippen molar-refractivity contribution >= 4 is 21.7 Å². The van der Waals surface area contributed by atoms with Crippen LogP contribution in [0.15, 0.2) is 53.4 Å². The van der Waals surface area contributed by atoms with Crippen LogP contribution in [0.2, 0.25) is 0 Å². The second-order valence-corrected chi connectivity index (χ2v) is 7.70. The van der Waals surface area contributed by atoms with Gasteiger partial charge in [-0.05, 0) is 24.3 Å². The molecule has 1 heterocycles. The largest absolute Gasteiger partial charge is 0.322 e. The molecule has 26 heavy (non-hydrogen) atoms. The van der Waals surface area contributed by atoms with Crippen LogP contribution in [-0.4, -0.2) is 49.8 Å². The van der Waals surface area contributed by atoms with Crippen LogP contribution in [0.1, 0.15) is 0 Å². The molecule has 2 aromatic rings. The first-order valence-electron chi connectivity index (χ1n) is 7.94. The summed E-state index contributed by atoms with van der Waals surface area (Å²) < 4.78 is 52.9. The van der Waals surface area contributed by atoms with E-state index in [0.29, 0.717) is 6.07 Å². The molecule has 1 aliphatic heterocycles. The lowest BCUT2D eigenvalue weighted by atomic mass is 10.3. The van der Waals surface area contributed by atoms with Crippen LogP contribution < -0.4 is 5.32 Å². The van der Waals surface area contributed by atoms with Crippen LogP contribution in [0, 0.1) is 11.6 Å². The molecular formula is C17H17F2N3O3S. The van der Waals surface area contributed by atoms with E-state index in [1.807, 2.05) is 0 Å². The van der Waals surface area contributed by atoms with Crippen LogP contribution in [0.25, 0.3) is 0 Å². The molecular weight excluding hydrogens is 364 g/mol. The summed E-state index contributed by atoms with van der Waals surface area (Å²) in [4.78, 5) is 13.8. The lowest BCUT2D eigenvalue weighted by molar-refractivity contribution is 0.184. The third-order valence-electron chi connectivity index (χ3n) is 4.08. The summed E-state index contributed by atoms with van der Waals surface area (Å²) in [6, 6.07) is 10.4. The molecule has 138 valence electrons. The molecule has 0 spiro atoms. The van der Waals surface area contributed by atoms with Gasteiger partial charge in [0.25, 0.3) is 0 Å². The van der Waals surface area contributed by atoms with E-state index in [2.05, 4.69) is 5.32 Å². The summed E-state index contributed by atoms with van der Waals surface area (Å²) in [6.45, 7) is 0.606. The molecule has 0 bridgehead atoms. The van der Waals surface area contributed by atoms with Gasteiger partial charge >= 0.3 is 6.03 Å². The molecule has 0 unspecified atom stereocenters. The van der Waals surface area contributed by atoms with Gasteiger partial charge in [0, 0.05) is 32.2 Å². The quantitative estimate of drug-likeness (QED) is 0.888. The molecule has 9 heteroatoms. The summed E-state index contributed by atoms with van der Waals surface area (Å²) in [5.41, 5.74) is -0.129. The Bertz CT molecular complexity index is 899. The van der Waals surface area contributed by atoms with Gasteiger partial charge in [-0.3, -0.25) is 0 Å². The van der Waals surface area contributed by atoms with Crippen molar-refractivity contribution in [1.29, 1.82) is 0 Å². The van der Waals surface area contributed by atoms with Gasteiger partial charge in [-0.2, -0.15) is 4.31 Å². The lowest BCUT2D eigenvalue weighted by Crippen LogP contribution is -2.51. The number of halogens is 2. The molecule has 1 fully saturated rings. The van der Waals surface area contributed by atoms with Gasteiger partial charge in [-0.25, -0.2) is 22.0 Å². The average Bonchev–Trinajstić information content (AvgIpc) is 2.65. The van der Waals surface area contributed by atoms with Gasteiger partial charge in [0.05, 0.1) is 10.6 Å². The van der Waals surface area contributed by atoms with E-state index < -0.39 is 27.7 Å². The molecule has 1 saturated heterocycles. The molecule has 0 atom stereocenters. The zero-order valence-corrected chi connectivity index (χ0v) is 14.5. The highest BCUT2D eigenvalue weighted by molar-refractivity contribution is 7.89. The Morgan fingerprint density at radius 2 is 1.62 bits per heavy atom. The maximum atomic E-state index is 13.6. The van der Waals surface area contributed by atoms with Gasteiger partial charge < -0.3 is 10.2 Å². The van der Waals surface area contributed by atoms with Crippen LogP contribution in [0.3, 0.4) is 0 Å². The van der Waals surface area contributed by atoms with Gasteiger partial charge in [0.1, 0.15) is 11.6 Å². The van der Waals surface area contributed by atoms with Crippen molar-refractivity contribution in [1.82, 2.24) is 9.21 Å². The van der Waals surface area contributed by atoms with Crippen LogP contribution >= 0.6 is 0 Å². The molecule has 2 aromatic carbocycles. The summed E-state index contributed by atoms with van der Waals surface area (Å²) in [5, 5.41) is 2.37. The average molecular weight is 381 g/mol. The van der Waals surface area contributed by atoms with Gasteiger partial charge in [-0.15, -0.1) is 0 Å². The van der Waals surface area contributed by atoms with Crippen molar-refractivity contribution in [3.8, 4) is 0 Å². The van der Waals surface area contributed by atoms with Crippen molar-refractivity contribution in [2.75, 3.05) is 31.5 Å². The van der Waals surface area contributed by atoms with E-state index >= 15 is 0 Å². The number of nitrogens with one attached hydrogen (secondary N) is 1. The number of hydrogen-bond donors (Lipinski definition) is 1. The fourth-order valence-corrected chi connectivity index (χ4v) is 4.10. The zero-order valence-electron chi connectivity index (χ0n) is 13.7. The number of nitrogens with zero attached hydrogens (tertiary/aromatic N) is 2. The number of piperazine rings is 1. The summed E-state index contributed by atoms with van der Waals surface area (Å²) in [7, 11) is -3.61. The summed E-state index contributed by atoms with van der Waals surface area (Å²) in [5.74, 6) is -1.61. The van der Waals surface area contributed by atoms with E-state index in [9.17, 15) is 22.0 Å². The SMILES string of the molecule is O=C(Nc1ccc(F)cc1F)N1CCN(S(=O)(=O)c2ccccc2)CC1. The van der Waals surface area contributed by atoms with Crippen molar-refractivity contribution in [3.05, 3.63) is 60.2 Å². The maximum absolute atomic E-state index is 13.6. The Kier molecular flexibility index (Phi) is 5.19. The Morgan fingerprint density at radius 3 is 2.23 bits per heavy atom. The van der Waals surface area contributed by atoms with E-state index in [4.69, 9.17) is 0 Å². The Hall–Kier alpha value is -2.52. The standard InChI is InChI=1S/C17H17F2N3O3S/c18-13-6-7-16(15(19)12-13)20-17(23)21-8-10-22(11-9-21)26(24,25)14-4-2-1-3-5-14/h1-7,12H,8-11H2,(H,20,23). The fraction of sp³-hybridized carbons (Fsp3) is 0.235. The van der Waals surface area contributed by atoms with Crippen LogP contribution in [-0.2, 0) is 10.0 Å². The first kappa shape index (κ1) is 18.3. The third-order valence-corrected chi connectivity index (χ3v) is 5.99. The second-order valence-electron chi connectivity index (χ2n) is 5.76. The highest BCUT2D eigenvalue weighted by atomic mass is 32.2. The first-order valence-corrected chi connectivity index (χ1v) is 9.38. The number of hydrogen-bond acceptors (Lipinski definition) is 3. The van der Waals surface area contributed by atoms with Crippen molar-refractivity contribution in [2.24, 2.45) is 0 Å². The third kappa shape index (κ3) is 3.83. The summed E-state index contributed by atoms with van der Waals surface area (Å²) in [6.07, 6.45) is 0. The molecule has 3 rings (SSSR count). The second kappa shape index (κ2) is 7.38. The molecule has 1 N–H and O–H groups in total. The molecule has 1 aliphatic rings. The Balaban J connectivity index is 1.62. The summed E-state index contributed by atoms with van der Waals surface area (Å²) >= 11 is 0.